The van der Waals surface area contributed by atoms with Crippen LogP contribution in [0.4, 0.5) is 0 Å². The summed E-state index contributed by atoms with van der Waals surface area (Å²) in [4.78, 5) is 32.8. The molecule has 2 aliphatic rings. The number of carboxylic acid groups (broad SMARTS) is 1. The fourth-order valence-electron chi connectivity index (χ4n) is 5.23. The van der Waals surface area contributed by atoms with E-state index < -0.39 is 5.97 Å². The van der Waals surface area contributed by atoms with Crippen LogP contribution in [0.5, 0.6) is 11.5 Å². The Morgan fingerprint density at radius 3 is 1.88 bits per heavy atom. The number of aromatic carboxylic acids is 1. The number of nitrogens with one attached hydrogen (secondary N) is 1. The molecular formula is C34H26Br2Cl2N4O5S2. The maximum absolute atomic E-state index is 12.8. The van der Waals surface area contributed by atoms with Crippen LogP contribution in [0.25, 0.3) is 20.4 Å². The van der Waals surface area contributed by atoms with Gasteiger partial charge in [0, 0.05) is 42.4 Å². The van der Waals surface area contributed by atoms with Crippen molar-refractivity contribution in [2.45, 2.75) is 24.9 Å². The lowest BCUT2D eigenvalue weighted by molar-refractivity contribution is 0.0701. The lowest BCUT2D eigenvalue weighted by atomic mass is 10.0. The number of ether oxygens (including phenoxy) is 2. The number of hydrogen-bond acceptors (Lipinski definition) is 9. The normalized spacial score (nSPS) is 16.1. The standard InChI is InChI=1S/C17H12BrClN2O2S.C9H11NO.C8H3BrClNO2S/c18-13-14-15(10(19)5-7-20-14)24-16(13)17(22)21-11-6-8-23-12-4-2-1-3-9(11)12;10-8-5-6-11-9-4-2-1-3-7(8)9;9-4-5-6(3(10)1-2-11-5)14-7(4)8(12)13/h1-5,7,11H,6,8H2,(H,21,22);1-4,8H,5-6,10H2;1-2H,(H,12,13)/t11-;8-;/m00./s1. The zero-order valence-corrected chi connectivity index (χ0v) is 31.6. The summed E-state index contributed by atoms with van der Waals surface area (Å²) in [6.07, 6.45) is 4.85. The number of hydrogen-bond donors (Lipinski definition) is 3. The molecule has 2 aliphatic heterocycles. The van der Waals surface area contributed by atoms with E-state index in [4.69, 9.17) is 43.5 Å². The van der Waals surface area contributed by atoms with Gasteiger partial charge in [-0.05, 0) is 56.1 Å². The molecule has 2 aromatic carbocycles. The van der Waals surface area contributed by atoms with Crippen LogP contribution in [0.2, 0.25) is 10.0 Å². The summed E-state index contributed by atoms with van der Waals surface area (Å²) >= 11 is 21.3. The average Bonchev–Trinajstić information content (AvgIpc) is 3.64. The highest BCUT2D eigenvalue weighted by Crippen LogP contribution is 2.40. The SMILES string of the molecule is N[C@H]1CCOc2ccccc21.O=C(N[C@H]1CCOc2ccccc21)c1sc2c(Cl)ccnc2c1Br.O=C(O)c1sc2c(Cl)ccnc2c1Br. The number of rotatable bonds is 3. The van der Waals surface area contributed by atoms with Gasteiger partial charge in [-0.25, -0.2) is 4.79 Å². The van der Waals surface area contributed by atoms with Gasteiger partial charge in [0.1, 0.15) is 21.3 Å². The number of carbonyl (C=O) groups is 2. The summed E-state index contributed by atoms with van der Waals surface area (Å²) in [5, 5.41) is 13.1. The minimum Gasteiger partial charge on any atom is -0.493 e. The van der Waals surface area contributed by atoms with Gasteiger partial charge in [-0.3, -0.25) is 14.8 Å². The summed E-state index contributed by atoms with van der Waals surface area (Å²) in [5.74, 6) is 0.666. The molecule has 0 saturated carbocycles. The number of aromatic nitrogens is 2. The number of thiophene rings is 2. The number of pyridine rings is 2. The summed E-state index contributed by atoms with van der Waals surface area (Å²) in [6, 6.07) is 19.2. The van der Waals surface area contributed by atoms with Crippen LogP contribution >= 0.6 is 77.7 Å². The fraction of sp³-hybridized carbons (Fsp3) is 0.176. The number of carbonyl (C=O) groups excluding carboxylic acids is 1. The van der Waals surface area contributed by atoms with Crippen LogP contribution in [0, 0.1) is 0 Å². The number of benzene rings is 2. The molecule has 0 aliphatic carbocycles. The number of para-hydroxylation sites is 2. The smallest absolute Gasteiger partial charge is 0.347 e. The van der Waals surface area contributed by atoms with Gasteiger partial charge in [0.2, 0.25) is 0 Å². The highest BCUT2D eigenvalue weighted by atomic mass is 79.9. The zero-order valence-electron chi connectivity index (χ0n) is 25.3. The van der Waals surface area contributed by atoms with Gasteiger partial charge in [-0.2, -0.15) is 0 Å². The quantitative estimate of drug-likeness (QED) is 0.160. The molecule has 0 fully saturated rings. The third kappa shape index (κ3) is 7.73. The van der Waals surface area contributed by atoms with Gasteiger partial charge in [0.15, 0.2) is 0 Å². The maximum Gasteiger partial charge on any atom is 0.347 e. The Kier molecular flexibility index (Phi) is 11.4. The van der Waals surface area contributed by atoms with Crippen LogP contribution < -0.4 is 20.5 Å². The second-order valence-corrected chi connectivity index (χ2v) is 15.2. The van der Waals surface area contributed by atoms with Crippen molar-refractivity contribution in [2.75, 3.05) is 13.2 Å². The van der Waals surface area contributed by atoms with Crippen molar-refractivity contribution in [3.63, 3.8) is 0 Å². The largest absolute Gasteiger partial charge is 0.493 e. The number of nitrogens with two attached hydrogens (primary N) is 1. The van der Waals surface area contributed by atoms with Gasteiger partial charge in [0.25, 0.3) is 5.91 Å². The minimum atomic E-state index is -0.976. The van der Waals surface area contributed by atoms with Crippen molar-refractivity contribution < 1.29 is 24.2 Å². The van der Waals surface area contributed by atoms with Gasteiger partial charge < -0.3 is 25.6 Å². The summed E-state index contributed by atoms with van der Waals surface area (Å²) < 4.78 is 13.7. The molecule has 0 bridgehead atoms. The van der Waals surface area contributed by atoms with E-state index in [9.17, 15) is 9.59 Å². The molecule has 6 heterocycles. The van der Waals surface area contributed by atoms with Crippen LogP contribution in [-0.2, 0) is 0 Å². The van der Waals surface area contributed by atoms with Crippen molar-refractivity contribution in [1.29, 1.82) is 0 Å². The van der Waals surface area contributed by atoms with E-state index in [1.807, 2.05) is 48.5 Å². The Bertz CT molecular complexity index is 2180. The van der Waals surface area contributed by atoms with E-state index >= 15 is 0 Å². The first-order valence-electron chi connectivity index (χ1n) is 14.8. The molecule has 4 N–H and O–H groups in total. The van der Waals surface area contributed by atoms with E-state index in [2.05, 4.69) is 47.1 Å². The Labute approximate surface area is 315 Å². The number of halogens is 4. The molecule has 1 amide bonds. The predicted molar refractivity (Wildman–Crippen MR) is 202 cm³/mol. The van der Waals surface area contributed by atoms with Crippen molar-refractivity contribution in [2.24, 2.45) is 5.73 Å². The topological polar surface area (TPSA) is 137 Å². The van der Waals surface area contributed by atoms with Crippen LogP contribution in [-0.4, -0.2) is 40.2 Å². The van der Waals surface area contributed by atoms with E-state index in [1.54, 1.807) is 24.5 Å². The molecule has 0 saturated heterocycles. The first-order chi connectivity index (χ1) is 23.6. The molecule has 8 rings (SSSR count). The monoisotopic (exact) mass is 862 g/mol. The number of carboxylic acids is 1. The lowest BCUT2D eigenvalue weighted by Gasteiger charge is -2.26. The van der Waals surface area contributed by atoms with Crippen molar-refractivity contribution >= 4 is 110 Å². The summed E-state index contributed by atoms with van der Waals surface area (Å²) in [6.45, 7) is 1.33. The zero-order chi connectivity index (χ0) is 34.7. The molecular weight excluding hydrogens is 839 g/mol. The molecule has 0 radical (unpaired) electrons. The van der Waals surface area contributed by atoms with Crippen molar-refractivity contribution in [3.05, 3.63) is 113 Å². The first kappa shape index (κ1) is 35.5. The minimum absolute atomic E-state index is 0.0667. The second-order valence-electron chi connectivity index (χ2n) is 10.7. The highest BCUT2D eigenvalue weighted by Gasteiger charge is 2.26. The number of amides is 1. The molecule has 0 spiro atoms. The van der Waals surface area contributed by atoms with E-state index in [0.717, 1.165) is 58.1 Å². The Hall–Kier alpha value is -3.30. The molecule has 2 atom stereocenters. The number of nitrogens with zero attached hydrogens (tertiary/aromatic N) is 2. The van der Waals surface area contributed by atoms with Crippen LogP contribution in [0.3, 0.4) is 0 Å². The average molecular weight is 865 g/mol. The van der Waals surface area contributed by atoms with E-state index in [1.165, 1.54) is 11.3 Å². The predicted octanol–water partition coefficient (Wildman–Crippen LogP) is 9.85. The van der Waals surface area contributed by atoms with Gasteiger partial charge in [0.05, 0.1) is 58.7 Å². The van der Waals surface area contributed by atoms with Crippen LogP contribution in [0.1, 0.15) is 55.4 Å². The maximum atomic E-state index is 12.8. The molecule has 4 aromatic heterocycles. The fourth-order valence-corrected chi connectivity index (χ4v) is 9.31. The van der Waals surface area contributed by atoms with Crippen molar-refractivity contribution in [1.82, 2.24) is 15.3 Å². The summed E-state index contributed by atoms with van der Waals surface area (Å²) in [7, 11) is 0. The molecule has 6 aromatic rings. The molecule has 15 heteroatoms. The number of fused-ring (bicyclic) bond motifs is 4. The molecule has 0 unspecified atom stereocenters. The molecule has 252 valence electrons. The third-order valence-corrected chi connectivity index (χ3v) is 12.9. The second kappa shape index (κ2) is 15.7. The third-order valence-electron chi connectivity index (χ3n) is 7.60. The summed E-state index contributed by atoms with van der Waals surface area (Å²) in [5.41, 5.74) is 9.32. The van der Waals surface area contributed by atoms with Crippen molar-refractivity contribution in [3.8, 4) is 11.5 Å². The first-order valence-corrected chi connectivity index (χ1v) is 18.8. The van der Waals surface area contributed by atoms with E-state index in [0.29, 0.717) is 46.2 Å². The Morgan fingerprint density at radius 1 is 0.796 bits per heavy atom. The Balaban J connectivity index is 0.000000141. The Morgan fingerprint density at radius 2 is 1.31 bits per heavy atom. The lowest BCUT2D eigenvalue weighted by Crippen LogP contribution is -2.31. The van der Waals surface area contributed by atoms with Gasteiger partial charge in [-0.15, -0.1) is 22.7 Å². The highest BCUT2D eigenvalue weighted by molar-refractivity contribution is 9.11. The molecule has 49 heavy (non-hydrogen) atoms. The van der Waals surface area contributed by atoms with Gasteiger partial charge in [-0.1, -0.05) is 59.6 Å². The van der Waals surface area contributed by atoms with E-state index in [-0.39, 0.29) is 22.9 Å². The molecule has 9 nitrogen and oxygen atoms in total. The van der Waals surface area contributed by atoms with Gasteiger partial charge >= 0.3 is 5.97 Å². The van der Waals surface area contributed by atoms with Crippen LogP contribution in [0.15, 0.2) is 82.0 Å².